The molecule has 4 nitrogen and oxygen atoms in total. The quantitative estimate of drug-likeness (QED) is 0.273. The van der Waals surface area contributed by atoms with Gasteiger partial charge in [0.1, 0.15) is 0 Å². The van der Waals surface area contributed by atoms with Gasteiger partial charge in [0.2, 0.25) is 0 Å². The molecule has 19 heavy (non-hydrogen) atoms. The summed E-state index contributed by atoms with van der Waals surface area (Å²) in [6.07, 6.45) is 13.2. The lowest BCUT2D eigenvalue weighted by Crippen LogP contribution is -2.41. The molecule has 1 amide bonds. The van der Waals surface area contributed by atoms with Crippen LogP contribution >= 0.6 is 0 Å². The number of rotatable bonds is 13. The van der Waals surface area contributed by atoms with E-state index in [4.69, 9.17) is 5.21 Å². The first-order valence-corrected chi connectivity index (χ1v) is 7.89. The Kier molecular flexibility index (Phi) is 13.4. The summed E-state index contributed by atoms with van der Waals surface area (Å²) in [5.41, 5.74) is 1.65. The van der Waals surface area contributed by atoms with Gasteiger partial charge in [-0.25, -0.2) is 5.48 Å². The Labute approximate surface area is 118 Å². The Morgan fingerprint density at radius 2 is 1.42 bits per heavy atom. The van der Waals surface area contributed by atoms with Crippen LogP contribution in [0.15, 0.2) is 0 Å². The predicted octanol–water partition coefficient (Wildman–Crippen LogP) is 3.39. The second-order valence-electron chi connectivity index (χ2n) is 5.33. The van der Waals surface area contributed by atoms with Crippen LogP contribution in [0, 0.1) is 0 Å². The molecule has 0 aliphatic rings. The van der Waals surface area contributed by atoms with E-state index < -0.39 is 0 Å². The van der Waals surface area contributed by atoms with Crippen molar-refractivity contribution in [1.82, 2.24) is 10.8 Å². The molecule has 0 aliphatic carbocycles. The van der Waals surface area contributed by atoms with Crippen molar-refractivity contribution in [3.63, 3.8) is 0 Å². The van der Waals surface area contributed by atoms with E-state index >= 15 is 0 Å². The minimum absolute atomic E-state index is 0.316. The van der Waals surface area contributed by atoms with Crippen LogP contribution in [0.5, 0.6) is 0 Å². The van der Waals surface area contributed by atoms with Crippen LogP contribution in [0.25, 0.3) is 0 Å². The van der Waals surface area contributed by atoms with Crippen molar-refractivity contribution in [2.45, 2.75) is 84.1 Å². The minimum Gasteiger partial charge on any atom is -0.306 e. The van der Waals surface area contributed by atoms with Gasteiger partial charge in [0.05, 0.1) is 6.04 Å². The zero-order valence-corrected chi connectivity index (χ0v) is 12.7. The zero-order chi connectivity index (χ0) is 14.3. The average molecular weight is 272 g/mol. The number of hydrogen-bond donors (Lipinski definition) is 3. The fraction of sp³-hybridized carbons (Fsp3) is 0.933. The van der Waals surface area contributed by atoms with Gasteiger partial charge in [-0.1, -0.05) is 64.7 Å². The van der Waals surface area contributed by atoms with Crippen molar-refractivity contribution in [2.75, 3.05) is 6.54 Å². The summed E-state index contributed by atoms with van der Waals surface area (Å²) in [6, 6.07) is -0.316. The van der Waals surface area contributed by atoms with E-state index in [1.165, 1.54) is 57.8 Å². The Balaban J connectivity index is 3.12. The summed E-state index contributed by atoms with van der Waals surface area (Å²) >= 11 is 0. The third kappa shape index (κ3) is 12.2. The lowest BCUT2D eigenvalue weighted by Gasteiger charge is -2.11. The van der Waals surface area contributed by atoms with Gasteiger partial charge in [0.25, 0.3) is 5.91 Å². The van der Waals surface area contributed by atoms with Gasteiger partial charge in [-0.15, -0.1) is 0 Å². The molecule has 0 aromatic heterocycles. The number of hydroxylamine groups is 1. The number of hydrogen-bond acceptors (Lipinski definition) is 3. The van der Waals surface area contributed by atoms with E-state index in [0.29, 0.717) is 0 Å². The van der Waals surface area contributed by atoms with Gasteiger partial charge in [0.15, 0.2) is 0 Å². The van der Waals surface area contributed by atoms with E-state index in [1.54, 1.807) is 12.4 Å². The minimum atomic E-state index is -0.368. The van der Waals surface area contributed by atoms with Crippen LogP contribution in [0.3, 0.4) is 0 Å². The molecule has 0 heterocycles. The molecule has 3 N–H and O–H groups in total. The second kappa shape index (κ2) is 13.8. The van der Waals surface area contributed by atoms with Crippen molar-refractivity contribution < 1.29 is 10.0 Å². The normalized spacial score (nSPS) is 12.4. The molecule has 4 heteroatoms. The van der Waals surface area contributed by atoms with Crippen molar-refractivity contribution >= 4 is 5.91 Å². The molecule has 0 spiro atoms. The molecule has 114 valence electrons. The second-order valence-corrected chi connectivity index (χ2v) is 5.33. The van der Waals surface area contributed by atoms with Gasteiger partial charge in [-0.3, -0.25) is 10.0 Å². The maximum Gasteiger partial charge on any atom is 0.260 e. The van der Waals surface area contributed by atoms with Crippen LogP contribution in [0.1, 0.15) is 78.1 Å². The Hall–Kier alpha value is -0.610. The first kappa shape index (κ1) is 18.4. The molecule has 0 fully saturated rings. The molecule has 0 aliphatic heterocycles. The largest absolute Gasteiger partial charge is 0.306 e. The summed E-state index contributed by atoms with van der Waals surface area (Å²) in [6.45, 7) is 4.84. The standard InChI is InChI=1S/C15H32N2O2/c1-3-4-5-6-7-8-9-10-11-12-13-16-14(2)15(18)17-19/h14,16,19H,3-13H2,1-2H3,(H,17,18). The molecular formula is C15H32N2O2. The van der Waals surface area contributed by atoms with Crippen LogP contribution in [0.4, 0.5) is 0 Å². The molecule has 1 unspecified atom stereocenters. The Morgan fingerprint density at radius 1 is 0.947 bits per heavy atom. The number of carbonyl (C=O) groups excluding carboxylic acids is 1. The van der Waals surface area contributed by atoms with E-state index in [9.17, 15) is 4.79 Å². The highest BCUT2D eigenvalue weighted by atomic mass is 16.5. The van der Waals surface area contributed by atoms with E-state index in [0.717, 1.165) is 13.0 Å². The molecular weight excluding hydrogens is 240 g/mol. The molecule has 0 saturated heterocycles. The van der Waals surface area contributed by atoms with Gasteiger partial charge >= 0.3 is 0 Å². The summed E-state index contributed by atoms with van der Waals surface area (Å²) in [5.74, 6) is -0.368. The highest BCUT2D eigenvalue weighted by Gasteiger charge is 2.09. The van der Waals surface area contributed by atoms with Gasteiger partial charge < -0.3 is 5.32 Å². The molecule has 0 bridgehead atoms. The van der Waals surface area contributed by atoms with Crippen LogP contribution in [-0.4, -0.2) is 23.7 Å². The maximum absolute atomic E-state index is 11.0. The molecule has 0 rings (SSSR count). The first-order valence-electron chi connectivity index (χ1n) is 7.89. The van der Waals surface area contributed by atoms with Crippen molar-refractivity contribution in [2.24, 2.45) is 0 Å². The number of unbranched alkanes of at least 4 members (excludes halogenated alkanes) is 9. The van der Waals surface area contributed by atoms with E-state index in [2.05, 4.69) is 12.2 Å². The van der Waals surface area contributed by atoms with Crippen molar-refractivity contribution in [3.8, 4) is 0 Å². The molecule has 0 aromatic rings. The van der Waals surface area contributed by atoms with E-state index in [1.807, 2.05) is 0 Å². The number of carbonyl (C=O) groups is 1. The summed E-state index contributed by atoms with van der Waals surface area (Å²) < 4.78 is 0. The highest BCUT2D eigenvalue weighted by Crippen LogP contribution is 2.10. The highest BCUT2D eigenvalue weighted by molar-refractivity contribution is 5.80. The van der Waals surface area contributed by atoms with Crippen LogP contribution in [-0.2, 0) is 4.79 Å². The maximum atomic E-state index is 11.0. The summed E-state index contributed by atoms with van der Waals surface area (Å²) in [7, 11) is 0. The SMILES string of the molecule is CCCCCCCCCCCCNC(C)C(=O)NO. The summed E-state index contributed by atoms with van der Waals surface area (Å²) in [5, 5.41) is 11.5. The van der Waals surface area contributed by atoms with E-state index in [-0.39, 0.29) is 11.9 Å². The fourth-order valence-corrected chi connectivity index (χ4v) is 2.12. The fourth-order valence-electron chi connectivity index (χ4n) is 2.12. The van der Waals surface area contributed by atoms with Crippen LogP contribution in [0.2, 0.25) is 0 Å². The number of amides is 1. The van der Waals surface area contributed by atoms with Crippen molar-refractivity contribution in [3.05, 3.63) is 0 Å². The zero-order valence-electron chi connectivity index (χ0n) is 12.7. The number of nitrogens with one attached hydrogen (secondary N) is 2. The lowest BCUT2D eigenvalue weighted by atomic mass is 10.1. The van der Waals surface area contributed by atoms with Crippen molar-refractivity contribution in [1.29, 1.82) is 0 Å². The molecule has 0 saturated carbocycles. The topological polar surface area (TPSA) is 61.4 Å². The molecule has 0 radical (unpaired) electrons. The monoisotopic (exact) mass is 272 g/mol. The third-order valence-electron chi connectivity index (χ3n) is 3.48. The smallest absolute Gasteiger partial charge is 0.260 e. The first-order chi connectivity index (χ1) is 9.22. The average Bonchev–Trinajstić information content (AvgIpc) is 2.43. The Bertz CT molecular complexity index is 210. The predicted molar refractivity (Wildman–Crippen MR) is 79.2 cm³/mol. The molecule has 0 aromatic carbocycles. The van der Waals surface area contributed by atoms with Crippen LogP contribution < -0.4 is 10.8 Å². The van der Waals surface area contributed by atoms with Gasteiger partial charge in [-0.05, 0) is 19.9 Å². The third-order valence-corrected chi connectivity index (χ3v) is 3.48. The van der Waals surface area contributed by atoms with Gasteiger partial charge in [0, 0.05) is 0 Å². The summed E-state index contributed by atoms with van der Waals surface area (Å²) in [4.78, 5) is 11.0. The Morgan fingerprint density at radius 3 is 1.89 bits per heavy atom. The van der Waals surface area contributed by atoms with Gasteiger partial charge in [-0.2, -0.15) is 0 Å². The molecule has 1 atom stereocenters. The lowest BCUT2D eigenvalue weighted by molar-refractivity contribution is -0.130.